The van der Waals surface area contributed by atoms with Gasteiger partial charge in [0.15, 0.2) is 5.96 Å². The quantitative estimate of drug-likeness (QED) is 0.373. The van der Waals surface area contributed by atoms with Gasteiger partial charge in [0.2, 0.25) is 0 Å². The molecule has 154 valence electrons. The number of aliphatic imine (C=N–C) groups is 1. The molecule has 1 fully saturated rings. The summed E-state index contributed by atoms with van der Waals surface area (Å²) < 4.78 is 61.1. The maximum Gasteiger partial charge on any atom is 0.511 e. The van der Waals surface area contributed by atoms with Gasteiger partial charge in [-0.15, -0.1) is 0 Å². The Labute approximate surface area is 154 Å². The molecule has 1 rings (SSSR count). The molecule has 2 N–H and O–H groups in total. The summed E-state index contributed by atoms with van der Waals surface area (Å²) in [5, 5.41) is 6.49. The molecular formula is C16H31F3N4O2S. The number of rotatable bonds is 8. The van der Waals surface area contributed by atoms with Crippen LogP contribution in [0.25, 0.3) is 0 Å². The van der Waals surface area contributed by atoms with Crippen molar-refractivity contribution in [2.75, 3.05) is 26.7 Å². The lowest BCUT2D eigenvalue weighted by atomic mass is 9.98. The summed E-state index contributed by atoms with van der Waals surface area (Å²) >= 11 is 0. The number of piperidine rings is 1. The van der Waals surface area contributed by atoms with Crippen LogP contribution in [0.1, 0.15) is 52.4 Å². The molecule has 0 aromatic rings. The van der Waals surface area contributed by atoms with Gasteiger partial charge in [0.25, 0.3) is 0 Å². The average Bonchev–Trinajstić information content (AvgIpc) is 2.58. The van der Waals surface area contributed by atoms with Crippen LogP contribution in [-0.4, -0.2) is 56.9 Å². The maximum atomic E-state index is 12.6. The number of nitrogens with one attached hydrogen (secondary N) is 2. The van der Waals surface area contributed by atoms with E-state index in [1.54, 1.807) is 7.05 Å². The lowest BCUT2D eigenvalue weighted by Gasteiger charge is -2.32. The Hall–Kier alpha value is -1.03. The molecule has 1 heterocycles. The predicted octanol–water partition coefficient (Wildman–Crippen LogP) is 2.68. The van der Waals surface area contributed by atoms with Crippen LogP contribution in [-0.2, 0) is 10.0 Å². The van der Waals surface area contributed by atoms with Crippen LogP contribution in [0.5, 0.6) is 0 Å². The molecule has 1 aliphatic heterocycles. The van der Waals surface area contributed by atoms with E-state index in [0.717, 1.165) is 12.8 Å². The van der Waals surface area contributed by atoms with Crippen molar-refractivity contribution in [3.8, 4) is 0 Å². The third kappa shape index (κ3) is 6.94. The standard InChI is InChI=1S/C16H31F3N4O2S/c1-4-5-6-7-13(2)22-15(20-3)21-12-14-8-10-23(11-9-14)26(24,25)16(17,18)19/h13-14H,4-12H2,1-3H3,(H2,20,21,22). The summed E-state index contributed by atoms with van der Waals surface area (Å²) in [5.41, 5.74) is -5.22. The second kappa shape index (κ2) is 10.3. The van der Waals surface area contributed by atoms with Gasteiger partial charge in [-0.1, -0.05) is 26.2 Å². The molecule has 1 unspecified atom stereocenters. The molecule has 1 saturated heterocycles. The van der Waals surface area contributed by atoms with Crippen molar-refractivity contribution in [2.45, 2.75) is 63.9 Å². The second-order valence-corrected chi connectivity index (χ2v) is 8.72. The van der Waals surface area contributed by atoms with Gasteiger partial charge in [-0.2, -0.15) is 17.5 Å². The first-order chi connectivity index (χ1) is 12.1. The Bertz CT molecular complexity index is 544. The third-order valence-corrected chi connectivity index (χ3v) is 6.24. The van der Waals surface area contributed by atoms with Crippen LogP contribution in [0.3, 0.4) is 0 Å². The smallest absolute Gasteiger partial charge is 0.356 e. The molecule has 0 bridgehead atoms. The highest BCUT2D eigenvalue weighted by atomic mass is 32.2. The Balaban J connectivity index is 2.38. The van der Waals surface area contributed by atoms with E-state index in [9.17, 15) is 21.6 Å². The van der Waals surface area contributed by atoms with Crippen molar-refractivity contribution in [1.29, 1.82) is 0 Å². The van der Waals surface area contributed by atoms with E-state index in [-0.39, 0.29) is 25.0 Å². The van der Waals surface area contributed by atoms with Crippen molar-refractivity contribution in [3.63, 3.8) is 0 Å². The van der Waals surface area contributed by atoms with Crippen molar-refractivity contribution < 1.29 is 21.6 Å². The summed E-state index contributed by atoms with van der Waals surface area (Å²) in [5.74, 6) is 0.781. The molecule has 0 aliphatic carbocycles. The van der Waals surface area contributed by atoms with E-state index in [2.05, 4.69) is 29.5 Å². The molecular weight excluding hydrogens is 369 g/mol. The average molecular weight is 401 g/mol. The van der Waals surface area contributed by atoms with Gasteiger partial charge in [-0.05, 0) is 32.1 Å². The zero-order valence-corrected chi connectivity index (χ0v) is 16.6. The SMILES string of the molecule is CCCCCC(C)NC(=NC)NCC1CCN(S(=O)(=O)C(F)(F)F)CC1. The van der Waals surface area contributed by atoms with Crippen LogP contribution in [0.2, 0.25) is 0 Å². The third-order valence-electron chi connectivity index (χ3n) is 4.61. The molecule has 6 nitrogen and oxygen atoms in total. The molecule has 10 heteroatoms. The number of alkyl halides is 3. The minimum absolute atomic E-state index is 0.104. The van der Waals surface area contributed by atoms with Crippen LogP contribution in [0.4, 0.5) is 13.2 Å². The first kappa shape index (κ1) is 23.0. The van der Waals surface area contributed by atoms with Gasteiger partial charge in [-0.25, -0.2) is 8.42 Å². The van der Waals surface area contributed by atoms with Crippen LogP contribution >= 0.6 is 0 Å². The van der Waals surface area contributed by atoms with Gasteiger partial charge in [-0.3, -0.25) is 4.99 Å². The zero-order valence-electron chi connectivity index (χ0n) is 15.8. The zero-order chi connectivity index (χ0) is 19.8. The molecule has 0 aromatic heterocycles. The van der Waals surface area contributed by atoms with Crippen LogP contribution in [0, 0.1) is 5.92 Å². The Morgan fingerprint density at radius 1 is 1.27 bits per heavy atom. The second-order valence-electron chi connectivity index (χ2n) is 6.79. The van der Waals surface area contributed by atoms with Gasteiger partial charge in [0.1, 0.15) is 0 Å². The molecule has 0 radical (unpaired) electrons. The molecule has 0 aromatic carbocycles. The summed E-state index contributed by atoms with van der Waals surface area (Å²) in [7, 11) is -3.54. The summed E-state index contributed by atoms with van der Waals surface area (Å²) in [6.45, 7) is 4.59. The summed E-state index contributed by atoms with van der Waals surface area (Å²) in [6, 6.07) is 0.284. The molecule has 1 aliphatic rings. The minimum atomic E-state index is -5.22. The predicted molar refractivity (Wildman–Crippen MR) is 97.4 cm³/mol. The number of sulfonamides is 1. The lowest BCUT2D eigenvalue weighted by molar-refractivity contribution is -0.0496. The first-order valence-electron chi connectivity index (χ1n) is 9.15. The van der Waals surface area contributed by atoms with Crippen molar-refractivity contribution in [3.05, 3.63) is 0 Å². The Morgan fingerprint density at radius 3 is 2.38 bits per heavy atom. The molecule has 26 heavy (non-hydrogen) atoms. The Morgan fingerprint density at radius 2 is 1.88 bits per heavy atom. The topological polar surface area (TPSA) is 73.8 Å². The number of halogens is 3. The van der Waals surface area contributed by atoms with Crippen molar-refractivity contribution in [2.24, 2.45) is 10.9 Å². The van der Waals surface area contributed by atoms with E-state index in [1.807, 2.05) is 0 Å². The highest BCUT2D eigenvalue weighted by Gasteiger charge is 2.50. The van der Waals surface area contributed by atoms with Crippen molar-refractivity contribution >= 4 is 16.0 Å². The van der Waals surface area contributed by atoms with Crippen LogP contribution in [0.15, 0.2) is 4.99 Å². The molecule has 0 saturated carbocycles. The largest absolute Gasteiger partial charge is 0.511 e. The fraction of sp³-hybridized carbons (Fsp3) is 0.938. The van der Waals surface area contributed by atoms with E-state index < -0.39 is 15.5 Å². The van der Waals surface area contributed by atoms with Crippen molar-refractivity contribution in [1.82, 2.24) is 14.9 Å². The monoisotopic (exact) mass is 400 g/mol. The normalized spacial score (nSPS) is 19.4. The summed E-state index contributed by atoms with van der Waals surface area (Å²) in [4.78, 5) is 4.17. The summed E-state index contributed by atoms with van der Waals surface area (Å²) in [6.07, 6.45) is 5.34. The van der Waals surface area contributed by atoms with Gasteiger partial charge in [0, 0.05) is 32.7 Å². The van der Waals surface area contributed by atoms with E-state index >= 15 is 0 Å². The van der Waals surface area contributed by atoms with Gasteiger partial charge in [0.05, 0.1) is 0 Å². The van der Waals surface area contributed by atoms with Gasteiger partial charge < -0.3 is 10.6 Å². The number of guanidine groups is 1. The number of hydrogen-bond donors (Lipinski definition) is 2. The minimum Gasteiger partial charge on any atom is -0.356 e. The van der Waals surface area contributed by atoms with E-state index in [0.29, 0.717) is 29.7 Å². The van der Waals surface area contributed by atoms with Crippen LogP contribution < -0.4 is 10.6 Å². The first-order valence-corrected chi connectivity index (χ1v) is 10.6. The maximum absolute atomic E-state index is 12.6. The molecule has 0 spiro atoms. The Kier molecular flexibility index (Phi) is 9.15. The van der Waals surface area contributed by atoms with E-state index in [4.69, 9.17) is 0 Å². The molecule has 1 atom stereocenters. The highest BCUT2D eigenvalue weighted by Crippen LogP contribution is 2.30. The lowest BCUT2D eigenvalue weighted by Crippen LogP contribution is -2.48. The fourth-order valence-electron chi connectivity index (χ4n) is 2.94. The van der Waals surface area contributed by atoms with E-state index in [1.165, 1.54) is 12.8 Å². The highest BCUT2D eigenvalue weighted by molar-refractivity contribution is 7.90. The van der Waals surface area contributed by atoms with Gasteiger partial charge >= 0.3 is 15.5 Å². The number of hydrogen-bond acceptors (Lipinski definition) is 3. The number of nitrogens with zero attached hydrogens (tertiary/aromatic N) is 2. The molecule has 0 amide bonds. The number of unbranched alkanes of at least 4 members (excludes halogenated alkanes) is 2. The fourth-order valence-corrected chi connectivity index (χ4v) is 3.93.